The van der Waals surface area contributed by atoms with Crippen LogP contribution in [-0.2, 0) is 20.5 Å². The zero-order chi connectivity index (χ0) is 27.6. The SMILES string of the molecule is COC1CN(C(=O)c2cc(C)ccc2C)CC1Oc1cccc(CS(=O)(=O)N2CCCC2c2cccnc2)c1. The van der Waals surface area contributed by atoms with E-state index in [1.807, 2.05) is 50.2 Å². The Balaban J connectivity index is 1.28. The van der Waals surface area contributed by atoms with Crippen molar-refractivity contribution in [2.45, 2.75) is 50.7 Å². The highest BCUT2D eigenvalue weighted by atomic mass is 32.2. The summed E-state index contributed by atoms with van der Waals surface area (Å²) in [6, 6.07) is 16.6. The number of aromatic nitrogens is 1. The third kappa shape index (κ3) is 6.00. The lowest BCUT2D eigenvalue weighted by atomic mass is 10.0. The molecule has 3 unspecified atom stereocenters. The van der Waals surface area contributed by atoms with E-state index < -0.39 is 10.0 Å². The first-order chi connectivity index (χ1) is 18.7. The molecular weight excluding hydrogens is 514 g/mol. The second kappa shape index (κ2) is 11.5. The molecular formula is C30H35N3O5S. The van der Waals surface area contributed by atoms with Gasteiger partial charge in [-0.3, -0.25) is 9.78 Å². The number of nitrogens with zero attached hydrogens (tertiary/aromatic N) is 3. The minimum atomic E-state index is -3.56. The number of benzene rings is 2. The predicted octanol–water partition coefficient (Wildman–Crippen LogP) is 4.28. The molecule has 3 aromatic rings. The summed E-state index contributed by atoms with van der Waals surface area (Å²) in [4.78, 5) is 19.2. The first-order valence-corrected chi connectivity index (χ1v) is 14.9. The average Bonchev–Trinajstić information content (AvgIpc) is 3.58. The highest BCUT2D eigenvalue weighted by Crippen LogP contribution is 2.35. The van der Waals surface area contributed by atoms with Crippen molar-refractivity contribution in [3.05, 3.63) is 94.8 Å². The van der Waals surface area contributed by atoms with Crippen molar-refractivity contribution in [2.75, 3.05) is 26.7 Å². The molecule has 2 aliphatic heterocycles. The molecule has 2 aliphatic rings. The molecule has 2 aromatic carbocycles. The van der Waals surface area contributed by atoms with Crippen LogP contribution in [0.4, 0.5) is 0 Å². The average molecular weight is 550 g/mol. The topological polar surface area (TPSA) is 89.0 Å². The third-order valence-electron chi connectivity index (χ3n) is 7.59. The molecule has 3 heterocycles. The summed E-state index contributed by atoms with van der Waals surface area (Å²) in [5, 5.41) is 0. The van der Waals surface area contributed by atoms with E-state index in [1.54, 1.807) is 46.9 Å². The molecule has 0 spiro atoms. The van der Waals surface area contributed by atoms with Gasteiger partial charge in [0.2, 0.25) is 10.0 Å². The number of pyridine rings is 1. The zero-order valence-corrected chi connectivity index (χ0v) is 23.4. The fourth-order valence-corrected chi connectivity index (χ4v) is 7.33. The molecule has 5 rings (SSSR count). The van der Waals surface area contributed by atoms with Crippen molar-refractivity contribution in [3.8, 4) is 5.75 Å². The summed E-state index contributed by atoms with van der Waals surface area (Å²) in [7, 11) is -1.94. The van der Waals surface area contributed by atoms with E-state index in [0.717, 1.165) is 29.5 Å². The summed E-state index contributed by atoms with van der Waals surface area (Å²) in [5.41, 5.74) is 4.22. The summed E-state index contributed by atoms with van der Waals surface area (Å²) in [5.74, 6) is 0.398. The Morgan fingerprint density at radius 1 is 1.05 bits per heavy atom. The Labute approximate surface area is 230 Å². The van der Waals surface area contributed by atoms with Crippen molar-refractivity contribution in [1.29, 1.82) is 0 Å². The molecule has 0 bridgehead atoms. The second-order valence-corrected chi connectivity index (χ2v) is 12.3. The molecule has 3 atom stereocenters. The van der Waals surface area contributed by atoms with E-state index in [1.165, 1.54) is 0 Å². The van der Waals surface area contributed by atoms with Gasteiger partial charge < -0.3 is 14.4 Å². The molecule has 206 valence electrons. The van der Waals surface area contributed by atoms with Gasteiger partial charge >= 0.3 is 0 Å². The van der Waals surface area contributed by atoms with Gasteiger partial charge in [-0.15, -0.1) is 0 Å². The van der Waals surface area contributed by atoms with E-state index in [4.69, 9.17) is 9.47 Å². The van der Waals surface area contributed by atoms with Crippen molar-refractivity contribution in [2.24, 2.45) is 0 Å². The van der Waals surface area contributed by atoms with E-state index in [-0.39, 0.29) is 29.9 Å². The fourth-order valence-electron chi connectivity index (χ4n) is 5.54. The smallest absolute Gasteiger partial charge is 0.254 e. The molecule has 0 aliphatic carbocycles. The van der Waals surface area contributed by atoms with Crippen LogP contribution in [-0.4, -0.2) is 67.5 Å². The van der Waals surface area contributed by atoms with Crippen molar-refractivity contribution in [3.63, 3.8) is 0 Å². The standard InChI is InChI=1S/C30H35N3O5S/c1-21-11-12-22(2)26(15-21)30(34)32-18-28(37-3)29(19-32)38-25-9-4-7-23(16-25)20-39(35,36)33-14-6-10-27(33)24-8-5-13-31-17-24/h4-5,7-9,11-13,15-17,27-29H,6,10,14,18-20H2,1-3H3. The van der Waals surface area contributed by atoms with Gasteiger partial charge in [0, 0.05) is 31.6 Å². The maximum absolute atomic E-state index is 13.4. The molecule has 0 N–H and O–H groups in total. The van der Waals surface area contributed by atoms with Gasteiger partial charge in [0.25, 0.3) is 5.91 Å². The summed E-state index contributed by atoms with van der Waals surface area (Å²) in [6.07, 6.45) is 4.38. The van der Waals surface area contributed by atoms with E-state index in [0.29, 0.717) is 36.5 Å². The van der Waals surface area contributed by atoms with Crippen molar-refractivity contribution >= 4 is 15.9 Å². The number of amides is 1. The molecule has 0 saturated carbocycles. The molecule has 2 fully saturated rings. The normalized spacial score (nSPS) is 21.8. The molecule has 9 heteroatoms. The molecule has 0 radical (unpaired) electrons. The number of carbonyl (C=O) groups is 1. The van der Waals surface area contributed by atoms with Gasteiger partial charge in [-0.05, 0) is 67.6 Å². The second-order valence-electron chi connectivity index (χ2n) is 10.4. The van der Waals surface area contributed by atoms with Crippen LogP contribution < -0.4 is 4.74 Å². The van der Waals surface area contributed by atoms with Gasteiger partial charge in [0.05, 0.1) is 24.9 Å². The molecule has 8 nitrogen and oxygen atoms in total. The molecule has 1 amide bonds. The summed E-state index contributed by atoms with van der Waals surface area (Å²) < 4.78 is 40.4. The Morgan fingerprint density at radius 2 is 1.87 bits per heavy atom. The Hall–Kier alpha value is -3.27. The van der Waals surface area contributed by atoms with Crippen LogP contribution in [0.15, 0.2) is 67.0 Å². The third-order valence-corrected chi connectivity index (χ3v) is 9.44. The number of aryl methyl sites for hydroxylation is 2. The van der Waals surface area contributed by atoms with Gasteiger partial charge in [-0.25, -0.2) is 8.42 Å². The van der Waals surface area contributed by atoms with Crippen LogP contribution in [0.25, 0.3) is 0 Å². The van der Waals surface area contributed by atoms with E-state index >= 15 is 0 Å². The predicted molar refractivity (Wildman–Crippen MR) is 149 cm³/mol. The first-order valence-electron chi connectivity index (χ1n) is 13.3. The lowest BCUT2D eigenvalue weighted by molar-refractivity contribution is 0.0339. The van der Waals surface area contributed by atoms with Crippen LogP contribution in [0, 0.1) is 13.8 Å². The summed E-state index contributed by atoms with van der Waals surface area (Å²) >= 11 is 0. The number of rotatable bonds is 8. The minimum Gasteiger partial charge on any atom is -0.486 e. The Bertz CT molecular complexity index is 1430. The maximum atomic E-state index is 13.4. The zero-order valence-electron chi connectivity index (χ0n) is 22.6. The van der Waals surface area contributed by atoms with Crippen molar-refractivity contribution in [1.82, 2.24) is 14.2 Å². The number of carbonyl (C=O) groups excluding carboxylic acids is 1. The number of hydrogen-bond acceptors (Lipinski definition) is 6. The van der Waals surface area contributed by atoms with E-state index in [9.17, 15) is 13.2 Å². The number of ether oxygens (including phenoxy) is 2. The van der Waals surface area contributed by atoms with Gasteiger partial charge in [0.1, 0.15) is 18.0 Å². The number of hydrogen-bond donors (Lipinski definition) is 0. The highest BCUT2D eigenvalue weighted by molar-refractivity contribution is 7.88. The maximum Gasteiger partial charge on any atom is 0.254 e. The minimum absolute atomic E-state index is 0.0435. The lowest BCUT2D eigenvalue weighted by Gasteiger charge is -2.24. The molecule has 2 saturated heterocycles. The number of likely N-dealkylation sites (tertiary alicyclic amines) is 1. The monoisotopic (exact) mass is 549 g/mol. The van der Waals surface area contributed by atoms with Gasteiger partial charge in [0.15, 0.2) is 0 Å². The highest BCUT2D eigenvalue weighted by Gasteiger charge is 2.38. The Kier molecular flexibility index (Phi) is 8.02. The summed E-state index contributed by atoms with van der Waals surface area (Å²) in [6.45, 7) is 5.21. The van der Waals surface area contributed by atoms with Crippen LogP contribution in [0.5, 0.6) is 5.75 Å². The Morgan fingerprint density at radius 3 is 2.64 bits per heavy atom. The molecule has 1 aromatic heterocycles. The van der Waals surface area contributed by atoms with Crippen LogP contribution >= 0.6 is 0 Å². The number of sulfonamides is 1. The first kappa shape index (κ1) is 27.3. The number of methoxy groups -OCH3 is 1. The van der Waals surface area contributed by atoms with Crippen molar-refractivity contribution < 1.29 is 22.7 Å². The van der Waals surface area contributed by atoms with Gasteiger partial charge in [-0.2, -0.15) is 4.31 Å². The van der Waals surface area contributed by atoms with Crippen LogP contribution in [0.2, 0.25) is 0 Å². The quantitative estimate of drug-likeness (QED) is 0.417. The van der Waals surface area contributed by atoms with E-state index in [2.05, 4.69) is 4.98 Å². The van der Waals surface area contributed by atoms with Gasteiger partial charge in [-0.1, -0.05) is 35.9 Å². The fraction of sp³-hybridized carbons (Fsp3) is 0.400. The molecule has 39 heavy (non-hydrogen) atoms. The largest absolute Gasteiger partial charge is 0.486 e. The lowest BCUT2D eigenvalue weighted by Crippen LogP contribution is -2.32. The van der Waals surface area contributed by atoms with Crippen LogP contribution in [0.3, 0.4) is 0 Å². The van der Waals surface area contributed by atoms with Crippen LogP contribution in [0.1, 0.15) is 51.5 Å².